The summed E-state index contributed by atoms with van der Waals surface area (Å²) in [5, 5.41) is 4.25. The van der Waals surface area contributed by atoms with Crippen LogP contribution < -0.4 is 11.3 Å². The van der Waals surface area contributed by atoms with E-state index in [9.17, 15) is 0 Å². The minimum atomic E-state index is 0.0346. The molecule has 0 aliphatic rings. The summed E-state index contributed by atoms with van der Waals surface area (Å²) in [6.45, 7) is 2.90. The Morgan fingerprint density at radius 2 is 2.24 bits per heavy atom. The lowest BCUT2D eigenvalue weighted by molar-refractivity contribution is 0.487. The van der Waals surface area contributed by atoms with Gasteiger partial charge in [-0.05, 0) is 25.1 Å². The average molecular weight is 231 g/mol. The molecule has 5 nitrogen and oxygen atoms in total. The van der Waals surface area contributed by atoms with E-state index >= 15 is 0 Å². The molecule has 1 unspecified atom stereocenters. The van der Waals surface area contributed by atoms with Gasteiger partial charge >= 0.3 is 0 Å². The Morgan fingerprint density at radius 1 is 1.35 bits per heavy atom. The fourth-order valence-electron chi connectivity index (χ4n) is 1.88. The van der Waals surface area contributed by atoms with Crippen LogP contribution in [0.3, 0.4) is 0 Å². The predicted octanol–water partition coefficient (Wildman–Crippen LogP) is 1.05. The minimum Gasteiger partial charge on any atom is -0.271 e. The largest absolute Gasteiger partial charge is 0.271 e. The van der Waals surface area contributed by atoms with Crippen LogP contribution in [0, 0.1) is 0 Å². The third-order valence-electron chi connectivity index (χ3n) is 2.75. The van der Waals surface area contributed by atoms with Crippen molar-refractivity contribution < 1.29 is 0 Å². The molecule has 1 atom stereocenters. The number of nitrogens with one attached hydrogen (secondary N) is 1. The summed E-state index contributed by atoms with van der Waals surface area (Å²) in [4.78, 5) is 4.31. The predicted molar refractivity (Wildman–Crippen MR) is 65.9 cm³/mol. The first-order chi connectivity index (χ1) is 8.35. The number of aromatic nitrogens is 3. The van der Waals surface area contributed by atoms with Crippen LogP contribution in [0.15, 0.2) is 36.7 Å². The second-order valence-electron chi connectivity index (χ2n) is 3.82. The summed E-state index contributed by atoms with van der Waals surface area (Å²) < 4.78 is 1.94. The summed E-state index contributed by atoms with van der Waals surface area (Å²) >= 11 is 0. The number of hydrogen-bond donors (Lipinski definition) is 2. The number of aryl methyl sites for hydroxylation is 1. The Kier molecular flexibility index (Phi) is 3.85. The van der Waals surface area contributed by atoms with Gasteiger partial charge in [0.15, 0.2) is 0 Å². The third-order valence-corrected chi connectivity index (χ3v) is 2.75. The van der Waals surface area contributed by atoms with Gasteiger partial charge in [0.05, 0.1) is 11.7 Å². The molecule has 0 saturated heterocycles. The zero-order chi connectivity index (χ0) is 12.1. The number of hydrazine groups is 1. The van der Waals surface area contributed by atoms with Crippen molar-refractivity contribution in [1.29, 1.82) is 0 Å². The van der Waals surface area contributed by atoms with Gasteiger partial charge in [0.2, 0.25) is 0 Å². The van der Waals surface area contributed by atoms with Gasteiger partial charge in [0.1, 0.15) is 0 Å². The highest BCUT2D eigenvalue weighted by Gasteiger charge is 2.15. The molecular formula is C12H17N5. The van der Waals surface area contributed by atoms with Gasteiger partial charge in [0, 0.05) is 31.1 Å². The summed E-state index contributed by atoms with van der Waals surface area (Å²) in [6, 6.07) is 7.90. The summed E-state index contributed by atoms with van der Waals surface area (Å²) in [5.74, 6) is 5.62. The van der Waals surface area contributed by atoms with E-state index in [1.165, 1.54) is 0 Å². The molecule has 5 heteroatoms. The van der Waals surface area contributed by atoms with Crippen molar-refractivity contribution in [3.8, 4) is 0 Å². The van der Waals surface area contributed by atoms with Crippen LogP contribution in [0.2, 0.25) is 0 Å². The van der Waals surface area contributed by atoms with E-state index in [0.717, 1.165) is 24.4 Å². The summed E-state index contributed by atoms with van der Waals surface area (Å²) in [5.41, 5.74) is 4.92. The van der Waals surface area contributed by atoms with Gasteiger partial charge < -0.3 is 0 Å². The van der Waals surface area contributed by atoms with Gasteiger partial charge in [0.25, 0.3) is 0 Å². The standard InChI is InChI=1S/C12H17N5/c1-2-17-12(6-8-15-17)11(16-13)9-10-5-3-4-7-14-10/h3-8,11,16H,2,9,13H2,1H3. The van der Waals surface area contributed by atoms with Crippen LogP contribution in [0.5, 0.6) is 0 Å². The van der Waals surface area contributed by atoms with Crippen LogP contribution >= 0.6 is 0 Å². The highest BCUT2D eigenvalue weighted by Crippen LogP contribution is 2.16. The second-order valence-corrected chi connectivity index (χ2v) is 3.82. The Bertz CT molecular complexity index is 451. The monoisotopic (exact) mass is 231 g/mol. The lowest BCUT2D eigenvalue weighted by atomic mass is 10.1. The quantitative estimate of drug-likeness (QED) is 0.596. The highest BCUT2D eigenvalue weighted by atomic mass is 15.3. The first-order valence-corrected chi connectivity index (χ1v) is 5.73. The Morgan fingerprint density at radius 3 is 2.88 bits per heavy atom. The molecule has 0 amide bonds. The van der Waals surface area contributed by atoms with Crippen molar-refractivity contribution in [2.45, 2.75) is 25.9 Å². The number of pyridine rings is 1. The third kappa shape index (κ3) is 2.69. The maximum atomic E-state index is 5.62. The molecule has 0 bridgehead atoms. The van der Waals surface area contributed by atoms with E-state index in [0.29, 0.717) is 0 Å². The molecule has 90 valence electrons. The van der Waals surface area contributed by atoms with Crippen molar-refractivity contribution in [2.24, 2.45) is 5.84 Å². The Balaban J connectivity index is 2.17. The Labute approximate surface area is 101 Å². The fourth-order valence-corrected chi connectivity index (χ4v) is 1.88. The lowest BCUT2D eigenvalue weighted by Crippen LogP contribution is -2.31. The van der Waals surface area contributed by atoms with Crippen LogP contribution in [-0.4, -0.2) is 14.8 Å². The van der Waals surface area contributed by atoms with Crippen molar-refractivity contribution in [2.75, 3.05) is 0 Å². The zero-order valence-corrected chi connectivity index (χ0v) is 9.87. The van der Waals surface area contributed by atoms with Gasteiger partial charge in [-0.25, -0.2) is 0 Å². The first-order valence-electron chi connectivity index (χ1n) is 5.73. The average Bonchev–Trinajstić information content (AvgIpc) is 2.85. The number of nitrogens with zero attached hydrogens (tertiary/aromatic N) is 3. The van der Waals surface area contributed by atoms with E-state index in [-0.39, 0.29) is 6.04 Å². The fraction of sp³-hybridized carbons (Fsp3) is 0.333. The van der Waals surface area contributed by atoms with E-state index in [1.54, 1.807) is 12.4 Å². The number of nitrogens with two attached hydrogens (primary N) is 1. The van der Waals surface area contributed by atoms with Gasteiger partial charge in [-0.2, -0.15) is 5.10 Å². The molecule has 2 aromatic heterocycles. The molecule has 0 aliphatic heterocycles. The molecule has 2 rings (SSSR count). The zero-order valence-electron chi connectivity index (χ0n) is 9.87. The summed E-state index contributed by atoms with van der Waals surface area (Å²) in [6.07, 6.45) is 4.34. The molecule has 0 radical (unpaired) electrons. The van der Waals surface area contributed by atoms with Gasteiger partial charge in [-0.1, -0.05) is 6.07 Å². The lowest BCUT2D eigenvalue weighted by Gasteiger charge is -2.16. The molecule has 0 fully saturated rings. The first kappa shape index (κ1) is 11.8. The van der Waals surface area contributed by atoms with Gasteiger partial charge in [-0.3, -0.25) is 20.9 Å². The van der Waals surface area contributed by atoms with Gasteiger partial charge in [-0.15, -0.1) is 0 Å². The second kappa shape index (κ2) is 5.56. The normalized spacial score (nSPS) is 12.6. The summed E-state index contributed by atoms with van der Waals surface area (Å²) in [7, 11) is 0. The molecule has 2 aromatic rings. The molecule has 2 heterocycles. The van der Waals surface area contributed by atoms with Crippen molar-refractivity contribution >= 4 is 0 Å². The molecule has 0 aliphatic carbocycles. The molecule has 0 saturated carbocycles. The molecule has 0 spiro atoms. The van der Waals surface area contributed by atoms with E-state index < -0.39 is 0 Å². The number of hydrogen-bond acceptors (Lipinski definition) is 4. The number of rotatable bonds is 5. The molecule has 3 N–H and O–H groups in total. The molecule has 0 aromatic carbocycles. The molecular weight excluding hydrogens is 214 g/mol. The van der Waals surface area contributed by atoms with Crippen molar-refractivity contribution in [3.05, 3.63) is 48.0 Å². The van der Waals surface area contributed by atoms with Crippen LogP contribution in [0.25, 0.3) is 0 Å². The smallest absolute Gasteiger partial charge is 0.0684 e. The van der Waals surface area contributed by atoms with Crippen LogP contribution in [0.4, 0.5) is 0 Å². The van der Waals surface area contributed by atoms with E-state index in [2.05, 4.69) is 22.4 Å². The maximum Gasteiger partial charge on any atom is 0.0684 e. The van der Waals surface area contributed by atoms with Crippen LogP contribution in [0.1, 0.15) is 24.4 Å². The van der Waals surface area contributed by atoms with Crippen molar-refractivity contribution in [3.63, 3.8) is 0 Å². The van der Waals surface area contributed by atoms with Crippen molar-refractivity contribution in [1.82, 2.24) is 20.2 Å². The topological polar surface area (TPSA) is 68.8 Å². The highest BCUT2D eigenvalue weighted by molar-refractivity contribution is 5.12. The van der Waals surface area contributed by atoms with E-state index in [1.807, 2.05) is 28.9 Å². The molecule has 17 heavy (non-hydrogen) atoms. The SMILES string of the molecule is CCn1nccc1C(Cc1ccccn1)NN. The van der Waals surface area contributed by atoms with E-state index in [4.69, 9.17) is 5.84 Å². The Hall–Kier alpha value is -1.72. The maximum absolute atomic E-state index is 5.62. The minimum absolute atomic E-state index is 0.0346. The van der Waals surface area contributed by atoms with Crippen LogP contribution in [-0.2, 0) is 13.0 Å².